The van der Waals surface area contributed by atoms with Crippen molar-refractivity contribution in [1.82, 2.24) is 5.32 Å². The van der Waals surface area contributed by atoms with Crippen LogP contribution in [0.5, 0.6) is 0 Å². The van der Waals surface area contributed by atoms with Gasteiger partial charge in [-0.3, -0.25) is 0 Å². The molecule has 0 aromatic heterocycles. The first-order valence-corrected chi connectivity index (χ1v) is 8.78. The maximum Gasteiger partial charge on any atom is 0.0471 e. The van der Waals surface area contributed by atoms with Gasteiger partial charge in [-0.25, -0.2) is 0 Å². The number of hydrogen-bond acceptors (Lipinski definition) is 2. The van der Waals surface area contributed by atoms with Crippen LogP contribution in [0.15, 0.2) is 18.2 Å². The molecule has 0 aliphatic rings. The first kappa shape index (κ1) is 18.3. The number of unbranched alkanes of at least 4 members (excludes halogenated alkanes) is 1. The fourth-order valence-corrected chi connectivity index (χ4v) is 2.75. The largest absolute Gasteiger partial charge is 0.369 e. The van der Waals surface area contributed by atoms with Gasteiger partial charge in [-0.1, -0.05) is 44.9 Å². The molecule has 120 valence electrons. The Balaban J connectivity index is 3.01. The van der Waals surface area contributed by atoms with Crippen LogP contribution >= 0.6 is 11.6 Å². The molecule has 0 aliphatic heterocycles. The highest BCUT2D eigenvalue weighted by Crippen LogP contribution is 2.29. The second-order valence-electron chi connectivity index (χ2n) is 5.72. The molecule has 0 heterocycles. The van der Waals surface area contributed by atoms with Crippen LogP contribution in [0.3, 0.4) is 0 Å². The molecule has 1 aromatic carbocycles. The van der Waals surface area contributed by atoms with Gasteiger partial charge in [0, 0.05) is 35.4 Å². The van der Waals surface area contributed by atoms with Gasteiger partial charge < -0.3 is 10.2 Å². The minimum atomic E-state index is 0.542. The quantitative estimate of drug-likeness (QED) is 0.594. The number of anilines is 1. The lowest BCUT2D eigenvalue weighted by Crippen LogP contribution is -2.34. The van der Waals surface area contributed by atoms with Gasteiger partial charge in [-0.05, 0) is 44.9 Å². The Bertz CT molecular complexity index is 406. The monoisotopic (exact) mass is 310 g/mol. The van der Waals surface area contributed by atoms with Gasteiger partial charge in [-0.15, -0.1) is 0 Å². The molecule has 0 amide bonds. The minimum Gasteiger partial charge on any atom is -0.369 e. The van der Waals surface area contributed by atoms with E-state index in [1.807, 2.05) is 6.07 Å². The molecule has 1 N–H and O–H groups in total. The van der Waals surface area contributed by atoms with E-state index < -0.39 is 0 Å². The maximum absolute atomic E-state index is 6.47. The van der Waals surface area contributed by atoms with E-state index in [1.165, 1.54) is 24.1 Å². The van der Waals surface area contributed by atoms with Crippen LogP contribution in [0.25, 0.3) is 0 Å². The summed E-state index contributed by atoms with van der Waals surface area (Å²) in [6.07, 6.45) is 4.73. The molecule has 1 aromatic rings. The van der Waals surface area contributed by atoms with Crippen molar-refractivity contribution in [2.45, 2.75) is 66.0 Å². The number of benzene rings is 1. The van der Waals surface area contributed by atoms with Gasteiger partial charge in [0.1, 0.15) is 0 Å². The predicted molar refractivity (Wildman–Crippen MR) is 95.5 cm³/mol. The molecule has 2 nitrogen and oxygen atoms in total. The SMILES string of the molecule is CCCCN(c1cccc(Cl)c1CNCCC)C(C)CC. The molecule has 1 rings (SSSR count). The summed E-state index contributed by atoms with van der Waals surface area (Å²) in [5, 5.41) is 4.37. The van der Waals surface area contributed by atoms with E-state index in [9.17, 15) is 0 Å². The first-order chi connectivity index (χ1) is 10.2. The molecule has 21 heavy (non-hydrogen) atoms. The van der Waals surface area contributed by atoms with Crippen molar-refractivity contribution >= 4 is 17.3 Å². The summed E-state index contributed by atoms with van der Waals surface area (Å²) >= 11 is 6.47. The Morgan fingerprint density at radius 1 is 1.19 bits per heavy atom. The zero-order valence-electron chi connectivity index (χ0n) is 14.1. The normalized spacial score (nSPS) is 12.4. The van der Waals surface area contributed by atoms with Crippen molar-refractivity contribution in [3.05, 3.63) is 28.8 Å². The first-order valence-electron chi connectivity index (χ1n) is 8.40. The summed E-state index contributed by atoms with van der Waals surface area (Å²) in [4.78, 5) is 2.53. The highest BCUT2D eigenvalue weighted by Gasteiger charge is 2.17. The smallest absolute Gasteiger partial charge is 0.0471 e. The molecule has 0 saturated heterocycles. The van der Waals surface area contributed by atoms with Gasteiger partial charge in [0.05, 0.1) is 0 Å². The third kappa shape index (κ3) is 5.52. The van der Waals surface area contributed by atoms with Crippen LogP contribution in [0.1, 0.15) is 58.9 Å². The van der Waals surface area contributed by atoms with Crippen LogP contribution in [0, 0.1) is 0 Å². The third-order valence-electron chi connectivity index (χ3n) is 4.01. The summed E-state index contributed by atoms with van der Waals surface area (Å²) in [7, 11) is 0. The second kappa shape index (κ2) is 10.1. The third-order valence-corrected chi connectivity index (χ3v) is 4.36. The summed E-state index contributed by atoms with van der Waals surface area (Å²) in [5.74, 6) is 0. The molecular formula is C18H31ClN2. The van der Waals surface area contributed by atoms with Gasteiger partial charge in [0.2, 0.25) is 0 Å². The topological polar surface area (TPSA) is 15.3 Å². The maximum atomic E-state index is 6.47. The average Bonchev–Trinajstić information content (AvgIpc) is 2.49. The van der Waals surface area contributed by atoms with Crippen LogP contribution in [-0.2, 0) is 6.54 Å². The van der Waals surface area contributed by atoms with Gasteiger partial charge in [-0.2, -0.15) is 0 Å². The average molecular weight is 311 g/mol. The summed E-state index contributed by atoms with van der Waals surface area (Å²) < 4.78 is 0. The zero-order chi connectivity index (χ0) is 15.7. The van der Waals surface area contributed by atoms with E-state index in [2.05, 4.69) is 50.0 Å². The van der Waals surface area contributed by atoms with Crippen molar-refractivity contribution in [2.24, 2.45) is 0 Å². The van der Waals surface area contributed by atoms with Gasteiger partial charge >= 0.3 is 0 Å². The number of rotatable bonds is 10. The number of halogens is 1. The molecule has 0 aliphatic carbocycles. The van der Waals surface area contributed by atoms with E-state index in [4.69, 9.17) is 11.6 Å². The number of nitrogens with zero attached hydrogens (tertiary/aromatic N) is 1. The van der Waals surface area contributed by atoms with E-state index in [1.54, 1.807) is 0 Å². The summed E-state index contributed by atoms with van der Waals surface area (Å²) in [5.41, 5.74) is 2.54. The summed E-state index contributed by atoms with van der Waals surface area (Å²) in [6, 6.07) is 6.83. The zero-order valence-corrected chi connectivity index (χ0v) is 14.8. The number of nitrogens with one attached hydrogen (secondary N) is 1. The Kier molecular flexibility index (Phi) is 8.79. The van der Waals surface area contributed by atoms with E-state index in [0.717, 1.165) is 37.5 Å². The Hall–Kier alpha value is -0.730. The van der Waals surface area contributed by atoms with Crippen LogP contribution in [0.4, 0.5) is 5.69 Å². The van der Waals surface area contributed by atoms with Crippen molar-refractivity contribution in [3.8, 4) is 0 Å². The van der Waals surface area contributed by atoms with Gasteiger partial charge in [0.25, 0.3) is 0 Å². The molecule has 0 radical (unpaired) electrons. The second-order valence-corrected chi connectivity index (χ2v) is 6.13. The molecule has 1 unspecified atom stereocenters. The van der Waals surface area contributed by atoms with E-state index in [-0.39, 0.29) is 0 Å². The summed E-state index contributed by atoms with van der Waals surface area (Å²) in [6.45, 7) is 12.0. The van der Waals surface area contributed by atoms with Crippen molar-refractivity contribution < 1.29 is 0 Å². The van der Waals surface area contributed by atoms with Crippen LogP contribution in [-0.4, -0.2) is 19.1 Å². The Morgan fingerprint density at radius 2 is 1.95 bits per heavy atom. The van der Waals surface area contributed by atoms with Crippen LogP contribution < -0.4 is 10.2 Å². The molecule has 3 heteroatoms. The lowest BCUT2D eigenvalue weighted by Gasteiger charge is -2.33. The van der Waals surface area contributed by atoms with E-state index >= 15 is 0 Å². The lowest BCUT2D eigenvalue weighted by atomic mass is 10.1. The standard InChI is InChI=1S/C18H31ClN2/c1-5-8-13-21(15(4)7-3)18-11-9-10-17(19)16(18)14-20-12-6-2/h9-11,15,20H,5-8,12-14H2,1-4H3. The molecule has 0 fully saturated rings. The molecule has 0 bridgehead atoms. The Labute approximate surface area is 135 Å². The minimum absolute atomic E-state index is 0.542. The molecular weight excluding hydrogens is 280 g/mol. The van der Waals surface area contributed by atoms with Crippen molar-refractivity contribution in [3.63, 3.8) is 0 Å². The highest BCUT2D eigenvalue weighted by atomic mass is 35.5. The van der Waals surface area contributed by atoms with Crippen molar-refractivity contribution in [1.29, 1.82) is 0 Å². The molecule has 0 saturated carbocycles. The van der Waals surface area contributed by atoms with Crippen molar-refractivity contribution in [2.75, 3.05) is 18.0 Å². The molecule has 0 spiro atoms. The predicted octanol–water partition coefficient (Wildman–Crippen LogP) is 5.24. The number of hydrogen-bond donors (Lipinski definition) is 1. The fraction of sp³-hybridized carbons (Fsp3) is 0.667. The van der Waals surface area contributed by atoms with Gasteiger partial charge in [0.15, 0.2) is 0 Å². The van der Waals surface area contributed by atoms with Crippen LogP contribution in [0.2, 0.25) is 5.02 Å². The highest BCUT2D eigenvalue weighted by molar-refractivity contribution is 6.31. The Morgan fingerprint density at radius 3 is 2.57 bits per heavy atom. The fourth-order valence-electron chi connectivity index (χ4n) is 2.51. The lowest BCUT2D eigenvalue weighted by molar-refractivity contribution is 0.590. The van der Waals surface area contributed by atoms with E-state index in [0.29, 0.717) is 6.04 Å². The molecule has 1 atom stereocenters.